The topological polar surface area (TPSA) is 9.86 Å². The van der Waals surface area contributed by atoms with Gasteiger partial charge in [0.2, 0.25) is 0 Å². The number of rotatable bonds is 5. The molecule has 0 radical (unpaired) electrons. The van der Waals surface area contributed by atoms with E-state index < -0.39 is 40.9 Å². The highest BCUT2D eigenvalue weighted by Gasteiger charge is 2.31. The van der Waals surface area contributed by atoms with E-state index in [0.717, 1.165) is 19.1 Å². The average Bonchev–Trinajstić information content (AvgIpc) is 3.75. The van der Waals surface area contributed by atoms with Crippen LogP contribution in [0.2, 0.25) is 0 Å². The first-order chi connectivity index (χ1) is 30.6. The van der Waals surface area contributed by atoms with Crippen LogP contribution in [-0.2, 0) is 12.1 Å². The minimum absolute atomic E-state index is 0.210. The van der Waals surface area contributed by atoms with Crippen LogP contribution in [0, 0.1) is 23.3 Å². The number of aromatic nitrogens is 2. The second-order valence-corrected chi connectivity index (χ2v) is 16.1. The molecule has 9 aromatic carbocycles. The maximum Gasteiger partial charge on any atom is 0.416 e. The van der Waals surface area contributed by atoms with Gasteiger partial charge in [-0.15, -0.1) is 0 Å². The van der Waals surface area contributed by atoms with Crippen LogP contribution in [0.15, 0.2) is 158 Å². The van der Waals surface area contributed by atoms with Crippen molar-refractivity contribution in [2.75, 3.05) is 0 Å². The van der Waals surface area contributed by atoms with E-state index in [9.17, 15) is 39.5 Å². The molecule has 2 nitrogen and oxygen atoms in total. The summed E-state index contributed by atoms with van der Waals surface area (Å²) in [4.78, 5) is 0. The smallest absolute Gasteiger partial charge is 0.309 e. The Bertz CT molecular complexity index is 3360. The minimum Gasteiger partial charge on any atom is -0.309 e. The van der Waals surface area contributed by atoms with Crippen LogP contribution in [-0.4, -0.2) is 9.13 Å². The molecule has 314 valence electrons. The van der Waals surface area contributed by atoms with Gasteiger partial charge in [0.1, 0.15) is 23.3 Å². The normalized spacial score (nSPS) is 12.5. The molecule has 11 rings (SSSR count). The number of fused-ring (bicyclic) bond motifs is 8. The molecule has 0 aliphatic heterocycles. The van der Waals surface area contributed by atoms with Gasteiger partial charge in [0.15, 0.2) is 0 Å². The fraction of sp³-hybridized carbons (Fsp3) is 0.0566. The quantitative estimate of drug-likeness (QED) is 0.120. The molecule has 11 aromatic rings. The number of halogens is 9. The van der Waals surface area contributed by atoms with E-state index in [4.69, 9.17) is 0 Å². The van der Waals surface area contributed by atoms with Gasteiger partial charge < -0.3 is 9.13 Å². The molecule has 0 amide bonds. The van der Waals surface area contributed by atoms with Crippen molar-refractivity contribution in [3.05, 3.63) is 192 Å². The number of hydrogen-bond donors (Lipinski definition) is 0. The standard InChI is InChI=1S/C53H29F9N2/c1-52(58,59)30-6-2-28(3-7-30)50-38-16-14-37(64-48-20-12-34(56)24-42(48)43-25-35(57)13-21-49(43)64)27-45(38)51(29-4-8-31(9-5-29)53(60,61)62)39-17-15-36(26-44(39)50)63-46-18-10-32(54)22-40(46)41-23-33(55)11-19-47(41)63/h2-27H,1H3. The van der Waals surface area contributed by atoms with E-state index >= 15 is 0 Å². The van der Waals surface area contributed by atoms with E-state index in [2.05, 4.69) is 0 Å². The predicted molar refractivity (Wildman–Crippen MR) is 235 cm³/mol. The van der Waals surface area contributed by atoms with Gasteiger partial charge in [-0.2, -0.15) is 13.2 Å². The third-order valence-electron chi connectivity index (χ3n) is 12.2. The summed E-state index contributed by atoms with van der Waals surface area (Å²) in [5.74, 6) is -5.18. The van der Waals surface area contributed by atoms with Crippen LogP contribution >= 0.6 is 0 Å². The van der Waals surface area contributed by atoms with Gasteiger partial charge in [0.05, 0.1) is 27.6 Å². The average molecular weight is 865 g/mol. The van der Waals surface area contributed by atoms with Crippen molar-refractivity contribution in [2.24, 2.45) is 0 Å². The Balaban J connectivity index is 1.28. The number of alkyl halides is 5. The summed E-state index contributed by atoms with van der Waals surface area (Å²) in [6, 6.07) is 38.8. The monoisotopic (exact) mass is 864 g/mol. The van der Waals surface area contributed by atoms with Crippen molar-refractivity contribution >= 4 is 65.2 Å². The molecular formula is C53H29F9N2. The van der Waals surface area contributed by atoms with Crippen LogP contribution in [0.25, 0.3) is 98.8 Å². The Morgan fingerprint density at radius 2 is 0.656 bits per heavy atom. The Labute approximate surface area is 357 Å². The number of nitrogens with zero attached hydrogens (tertiary/aromatic N) is 2. The summed E-state index contributed by atoms with van der Waals surface area (Å²) in [6.07, 6.45) is -4.61. The molecule has 64 heavy (non-hydrogen) atoms. The zero-order valence-corrected chi connectivity index (χ0v) is 33.3. The number of hydrogen-bond acceptors (Lipinski definition) is 0. The minimum atomic E-state index is -4.61. The van der Waals surface area contributed by atoms with Crippen molar-refractivity contribution in [3.63, 3.8) is 0 Å². The summed E-state index contributed by atoms with van der Waals surface area (Å²) in [7, 11) is 0. The summed E-state index contributed by atoms with van der Waals surface area (Å²) in [5.41, 5.74) is 4.58. The van der Waals surface area contributed by atoms with Gasteiger partial charge in [-0.3, -0.25) is 0 Å². The largest absolute Gasteiger partial charge is 0.416 e. The van der Waals surface area contributed by atoms with Crippen molar-refractivity contribution in [1.82, 2.24) is 9.13 Å². The summed E-state index contributed by atoms with van der Waals surface area (Å²) in [6.45, 7) is 0.806. The fourth-order valence-electron chi connectivity index (χ4n) is 9.35. The molecule has 0 N–H and O–H groups in total. The first-order valence-electron chi connectivity index (χ1n) is 20.1. The molecule has 0 saturated heterocycles. The Morgan fingerprint density at radius 3 is 0.969 bits per heavy atom. The van der Waals surface area contributed by atoms with Crippen molar-refractivity contribution < 1.29 is 39.5 Å². The highest BCUT2D eigenvalue weighted by molar-refractivity contribution is 6.22. The fourth-order valence-corrected chi connectivity index (χ4v) is 9.35. The first-order valence-corrected chi connectivity index (χ1v) is 20.1. The first kappa shape index (κ1) is 39.3. The molecular weight excluding hydrogens is 836 g/mol. The summed E-state index contributed by atoms with van der Waals surface area (Å²) >= 11 is 0. The van der Waals surface area contributed by atoms with Crippen LogP contribution < -0.4 is 0 Å². The molecule has 0 atom stereocenters. The number of benzene rings is 9. The second-order valence-electron chi connectivity index (χ2n) is 16.1. The van der Waals surface area contributed by atoms with E-state index in [1.165, 1.54) is 72.8 Å². The lowest BCUT2D eigenvalue weighted by atomic mass is 9.85. The van der Waals surface area contributed by atoms with Crippen LogP contribution in [0.1, 0.15) is 18.1 Å². The maximum absolute atomic E-state index is 14.7. The van der Waals surface area contributed by atoms with E-state index in [1.807, 2.05) is 45.5 Å². The van der Waals surface area contributed by atoms with Gasteiger partial charge >= 0.3 is 6.18 Å². The summed E-state index contributed by atoms with van der Waals surface area (Å²) in [5, 5.41) is 4.27. The Morgan fingerprint density at radius 1 is 0.328 bits per heavy atom. The lowest BCUT2D eigenvalue weighted by Gasteiger charge is -2.21. The summed E-state index contributed by atoms with van der Waals surface area (Å²) < 4.78 is 134. The molecule has 0 aliphatic rings. The molecule has 0 saturated carbocycles. The molecule has 0 bridgehead atoms. The lowest BCUT2D eigenvalue weighted by molar-refractivity contribution is -0.137. The lowest BCUT2D eigenvalue weighted by Crippen LogP contribution is -2.06. The van der Waals surface area contributed by atoms with Gasteiger partial charge in [-0.25, -0.2) is 26.3 Å². The van der Waals surface area contributed by atoms with E-state index in [-0.39, 0.29) is 5.56 Å². The van der Waals surface area contributed by atoms with E-state index in [0.29, 0.717) is 98.8 Å². The highest BCUT2D eigenvalue weighted by atomic mass is 19.4. The van der Waals surface area contributed by atoms with Crippen LogP contribution in [0.4, 0.5) is 39.5 Å². The highest BCUT2D eigenvalue weighted by Crippen LogP contribution is 2.47. The Hall–Kier alpha value is -7.53. The second kappa shape index (κ2) is 14.0. The van der Waals surface area contributed by atoms with Crippen molar-refractivity contribution in [1.29, 1.82) is 0 Å². The van der Waals surface area contributed by atoms with Crippen LogP contribution in [0.3, 0.4) is 0 Å². The van der Waals surface area contributed by atoms with Crippen molar-refractivity contribution in [3.8, 4) is 33.6 Å². The SMILES string of the molecule is CC(F)(F)c1ccc(-c2c3ccc(-n4c5ccc(F)cc5c5cc(F)ccc54)cc3c(-c3ccc(C(F)(F)F)cc3)c3ccc(-n4c5ccc(F)cc5c5cc(F)ccc54)cc23)cc1. The van der Waals surface area contributed by atoms with Gasteiger partial charge in [-0.1, -0.05) is 48.5 Å². The van der Waals surface area contributed by atoms with E-state index in [1.54, 1.807) is 36.4 Å². The van der Waals surface area contributed by atoms with Gasteiger partial charge in [0, 0.05) is 45.4 Å². The molecule has 2 aromatic heterocycles. The molecule has 0 spiro atoms. The molecule has 11 heteroatoms. The molecule has 0 fully saturated rings. The van der Waals surface area contributed by atoms with Crippen molar-refractivity contribution in [2.45, 2.75) is 19.0 Å². The molecule has 0 aliphatic carbocycles. The predicted octanol–water partition coefficient (Wildman–Crippen LogP) is 16.2. The van der Waals surface area contributed by atoms with Gasteiger partial charge in [-0.05, 0) is 153 Å². The zero-order valence-electron chi connectivity index (χ0n) is 33.3. The maximum atomic E-state index is 14.7. The molecule has 2 heterocycles. The van der Waals surface area contributed by atoms with Gasteiger partial charge in [0.25, 0.3) is 5.92 Å². The third-order valence-corrected chi connectivity index (χ3v) is 12.2. The Kier molecular flexibility index (Phi) is 8.60. The third kappa shape index (κ3) is 6.20. The van der Waals surface area contributed by atoms with Crippen LogP contribution in [0.5, 0.6) is 0 Å². The molecule has 0 unspecified atom stereocenters. The zero-order chi connectivity index (χ0) is 44.4.